The molecule has 80 heavy (non-hydrogen) atoms. The van der Waals surface area contributed by atoms with Crippen molar-refractivity contribution in [3.05, 3.63) is 24.3 Å². The highest BCUT2D eigenvalue weighted by molar-refractivity contribution is 5.71. The second-order valence-electron chi connectivity index (χ2n) is 24.9. The Morgan fingerprint density at radius 3 is 0.725 bits per heavy atom. The van der Waals surface area contributed by atoms with Gasteiger partial charge in [-0.25, -0.2) is 0 Å². The zero-order valence-electron chi connectivity index (χ0n) is 54.4. The van der Waals surface area contributed by atoms with Crippen LogP contribution in [0.2, 0.25) is 0 Å². The Labute approximate surface area is 500 Å². The van der Waals surface area contributed by atoms with E-state index in [1.807, 2.05) is 0 Å². The van der Waals surface area contributed by atoms with Crippen LogP contribution in [0.15, 0.2) is 24.3 Å². The van der Waals surface area contributed by atoms with Crippen LogP contribution in [0, 0.1) is 0 Å². The lowest BCUT2D eigenvalue weighted by molar-refractivity contribution is -0.167. The van der Waals surface area contributed by atoms with E-state index >= 15 is 0 Å². The zero-order chi connectivity index (χ0) is 57.8. The van der Waals surface area contributed by atoms with Gasteiger partial charge in [0.25, 0.3) is 0 Å². The molecule has 1 unspecified atom stereocenters. The minimum Gasteiger partial charge on any atom is -0.462 e. The summed E-state index contributed by atoms with van der Waals surface area (Å²) in [5.41, 5.74) is 0. The number of ether oxygens (including phenoxy) is 3. The first kappa shape index (κ1) is 77.9. The molecule has 0 radical (unpaired) electrons. The average molecular weight is 1130 g/mol. The average Bonchev–Trinajstić information content (AvgIpc) is 3.46. The van der Waals surface area contributed by atoms with Gasteiger partial charge < -0.3 is 14.2 Å². The summed E-state index contributed by atoms with van der Waals surface area (Å²) in [4.78, 5) is 38.5. The normalized spacial score (nSPS) is 12.1. The number of carbonyl (C=O) groups is 3. The molecule has 0 spiro atoms. The van der Waals surface area contributed by atoms with Crippen LogP contribution in [0.5, 0.6) is 0 Å². The molecule has 0 aliphatic rings. The quantitative estimate of drug-likeness (QED) is 0.0261. The number of rotatable bonds is 68. The lowest BCUT2D eigenvalue weighted by Crippen LogP contribution is -2.30. The van der Waals surface area contributed by atoms with Crippen LogP contribution >= 0.6 is 0 Å². The smallest absolute Gasteiger partial charge is 0.306 e. The molecule has 0 heterocycles. The summed E-state index contributed by atoms with van der Waals surface area (Å²) in [7, 11) is 0. The van der Waals surface area contributed by atoms with Crippen LogP contribution in [-0.2, 0) is 28.6 Å². The Morgan fingerprint density at radius 2 is 0.463 bits per heavy atom. The van der Waals surface area contributed by atoms with Gasteiger partial charge in [0.2, 0.25) is 0 Å². The molecule has 6 heteroatoms. The first-order chi connectivity index (χ1) is 39.5. The number of carbonyl (C=O) groups excluding carboxylic acids is 3. The van der Waals surface area contributed by atoms with Crippen LogP contribution in [0.1, 0.15) is 412 Å². The van der Waals surface area contributed by atoms with Gasteiger partial charge in [0.15, 0.2) is 6.10 Å². The highest BCUT2D eigenvalue weighted by Crippen LogP contribution is 2.19. The molecular formula is C74H140O6. The van der Waals surface area contributed by atoms with Crippen molar-refractivity contribution in [3.63, 3.8) is 0 Å². The van der Waals surface area contributed by atoms with Gasteiger partial charge in [0.05, 0.1) is 0 Å². The van der Waals surface area contributed by atoms with E-state index in [0.717, 1.165) is 77.0 Å². The first-order valence-electron chi connectivity index (χ1n) is 36.3. The molecule has 0 aliphatic heterocycles. The molecule has 0 aliphatic carbocycles. The van der Waals surface area contributed by atoms with Crippen molar-refractivity contribution >= 4 is 17.9 Å². The SMILES string of the molecule is CCCC/C=C\C/C=C\CCCCCCCC(=O)OCC(COC(=O)CCCCCCCCCCCCCCCCCCCCCCCCCC)OC(=O)CCCCCCCCCCCCCCCCCCCCCCCCCC. The Balaban J connectivity index is 4.22. The van der Waals surface area contributed by atoms with Gasteiger partial charge >= 0.3 is 17.9 Å². The van der Waals surface area contributed by atoms with E-state index in [-0.39, 0.29) is 31.1 Å². The Hall–Kier alpha value is -2.11. The van der Waals surface area contributed by atoms with Crippen LogP contribution in [0.25, 0.3) is 0 Å². The highest BCUT2D eigenvalue weighted by atomic mass is 16.6. The van der Waals surface area contributed by atoms with Gasteiger partial charge in [0.1, 0.15) is 13.2 Å². The number of allylic oxidation sites excluding steroid dienone is 4. The van der Waals surface area contributed by atoms with Crippen LogP contribution in [0.3, 0.4) is 0 Å². The van der Waals surface area contributed by atoms with Gasteiger partial charge in [-0.3, -0.25) is 14.4 Å². The molecular weight excluding hydrogens is 985 g/mol. The number of esters is 3. The van der Waals surface area contributed by atoms with E-state index in [0.29, 0.717) is 19.3 Å². The molecule has 6 nitrogen and oxygen atoms in total. The van der Waals surface area contributed by atoms with Crippen molar-refractivity contribution in [3.8, 4) is 0 Å². The van der Waals surface area contributed by atoms with Crippen molar-refractivity contribution in [2.45, 2.75) is 419 Å². The van der Waals surface area contributed by atoms with E-state index in [9.17, 15) is 14.4 Å². The van der Waals surface area contributed by atoms with Crippen molar-refractivity contribution < 1.29 is 28.6 Å². The van der Waals surface area contributed by atoms with E-state index < -0.39 is 6.10 Å². The van der Waals surface area contributed by atoms with Gasteiger partial charge in [-0.2, -0.15) is 0 Å². The molecule has 0 rings (SSSR count). The lowest BCUT2D eigenvalue weighted by Gasteiger charge is -2.18. The molecule has 0 N–H and O–H groups in total. The molecule has 0 fully saturated rings. The van der Waals surface area contributed by atoms with Crippen molar-refractivity contribution in [2.75, 3.05) is 13.2 Å². The predicted octanol–water partition coefficient (Wildman–Crippen LogP) is 25.0. The third kappa shape index (κ3) is 66.7. The summed E-state index contributed by atoms with van der Waals surface area (Å²) in [6, 6.07) is 0. The molecule has 472 valence electrons. The van der Waals surface area contributed by atoms with E-state index in [1.165, 1.54) is 295 Å². The number of hydrogen-bond donors (Lipinski definition) is 0. The Morgan fingerprint density at radius 1 is 0.250 bits per heavy atom. The fraction of sp³-hybridized carbons (Fsp3) is 0.905. The summed E-state index contributed by atoms with van der Waals surface area (Å²) in [6.07, 6.45) is 85.0. The van der Waals surface area contributed by atoms with Gasteiger partial charge in [-0.1, -0.05) is 373 Å². The van der Waals surface area contributed by atoms with Gasteiger partial charge in [0, 0.05) is 19.3 Å². The topological polar surface area (TPSA) is 78.9 Å². The Kier molecular flexibility index (Phi) is 67.6. The largest absolute Gasteiger partial charge is 0.462 e. The molecule has 0 aromatic heterocycles. The third-order valence-electron chi connectivity index (χ3n) is 16.7. The molecule has 1 atom stereocenters. The molecule has 0 bridgehead atoms. The fourth-order valence-corrected chi connectivity index (χ4v) is 11.2. The molecule has 0 aromatic rings. The Bertz CT molecular complexity index is 1290. The predicted molar refractivity (Wildman–Crippen MR) is 349 cm³/mol. The second kappa shape index (κ2) is 69.4. The maximum Gasteiger partial charge on any atom is 0.306 e. The van der Waals surface area contributed by atoms with Crippen molar-refractivity contribution in [2.24, 2.45) is 0 Å². The molecule has 0 aromatic carbocycles. The van der Waals surface area contributed by atoms with Crippen molar-refractivity contribution in [1.29, 1.82) is 0 Å². The summed E-state index contributed by atoms with van der Waals surface area (Å²) in [6.45, 7) is 6.68. The standard InChI is InChI=1S/C74H140O6/c1-4-7-10-13-16-19-22-25-28-30-32-34-36-38-40-42-44-46-49-52-55-58-61-64-67-73(76)79-70-71(69-78-72(75)66-63-60-57-54-51-48-27-24-21-18-15-12-9-6-3)80-74(77)68-65-62-59-56-53-50-47-45-43-41-39-37-35-33-31-29-26-23-20-17-14-11-8-5-2/h15,18,24,27,71H,4-14,16-17,19-23,25-26,28-70H2,1-3H3/b18-15-,27-24-. The maximum absolute atomic E-state index is 13.0. The summed E-state index contributed by atoms with van der Waals surface area (Å²) < 4.78 is 17.0. The second-order valence-corrected chi connectivity index (χ2v) is 24.9. The summed E-state index contributed by atoms with van der Waals surface area (Å²) in [5, 5.41) is 0. The van der Waals surface area contributed by atoms with Crippen LogP contribution < -0.4 is 0 Å². The van der Waals surface area contributed by atoms with Gasteiger partial charge in [-0.15, -0.1) is 0 Å². The van der Waals surface area contributed by atoms with Gasteiger partial charge in [-0.05, 0) is 44.9 Å². The maximum atomic E-state index is 13.0. The monoisotopic (exact) mass is 1130 g/mol. The molecule has 0 saturated carbocycles. The number of hydrogen-bond acceptors (Lipinski definition) is 6. The molecule has 0 amide bonds. The minimum atomic E-state index is -0.774. The molecule has 0 saturated heterocycles. The third-order valence-corrected chi connectivity index (χ3v) is 16.7. The highest BCUT2D eigenvalue weighted by Gasteiger charge is 2.19. The minimum absolute atomic E-state index is 0.0692. The number of unbranched alkanes of at least 4 members (excludes halogenated alkanes) is 53. The van der Waals surface area contributed by atoms with Crippen LogP contribution in [-0.4, -0.2) is 37.2 Å². The zero-order valence-corrected chi connectivity index (χ0v) is 54.4. The van der Waals surface area contributed by atoms with Crippen LogP contribution in [0.4, 0.5) is 0 Å². The van der Waals surface area contributed by atoms with E-state index in [1.54, 1.807) is 0 Å². The van der Waals surface area contributed by atoms with Crippen molar-refractivity contribution in [1.82, 2.24) is 0 Å². The summed E-state index contributed by atoms with van der Waals surface area (Å²) >= 11 is 0. The fourth-order valence-electron chi connectivity index (χ4n) is 11.2. The van der Waals surface area contributed by atoms with E-state index in [4.69, 9.17) is 14.2 Å². The summed E-state index contributed by atoms with van der Waals surface area (Å²) in [5.74, 6) is -0.849. The van der Waals surface area contributed by atoms with E-state index in [2.05, 4.69) is 45.1 Å². The lowest BCUT2D eigenvalue weighted by atomic mass is 10.0. The first-order valence-corrected chi connectivity index (χ1v) is 36.3.